The summed E-state index contributed by atoms with van der Waals surface area (Å²) in [4.78, 5) is 12.0. The van der Waals surface area contributed by atoms with Crippen LogP contribution in [0.25, 0.3) is 0 Å². The summed E-state index contributed by atoms with van der Waals surface area (Å²) in [5.41, 5.74) is -1.84. The number of carbonyl (C=O) groups excluding carboxylic acids is 1. The molecule has 27 heavy (non-hydrogen) atoms. The molecule has 1 heterocycles. The predicted octanol–water partition coefficient (Wildman–Crippen LogP) is 4.24. The normalized spacial score (nSPS) is 19.7. The first-order chi connectivity index (χ1) is 12.2. The molecule has 152 valence electrons. The molecule has 5 nitrogen and oxygen atoms in total. The second-order valence-corrected chi connectivity index (χ2v) is 9.57. The van der Waals surface area contributed by atoms with E-state index in [0.29, 0.717) is 25.0 Å². The van der Waals surface area contributed by atoms with Crippen molar-refractivity contribution in [2.45, 2.75) is 62.7 Å². The maximum atomic E-state index is 13.0. The van der Waals surface area contributed by atoms with Crippen molar-refractivity contribution < 1.29 is 31.1 Å². The van der Waals surface area contributed by atoms with Gasteiger partial charge in [-0.05, 0) is 58.2 Å². The maximum absolute atomic E-state index is 13.0. The lowest BCUT2D eigenvalue weighted by Gasteiger charge is -2.35. The monoisotopic (exact) mass is 427 g/mol. The van der Waals surface area contributed by atoms with Gasteiger partial charge in [0.05, 0.1) is 10.6 Å². The lowest BCUT2D eigenvalue weighted by Crippen LogP contribution is -2.49. The molecule has 0 bridgehead atoms. The molecule has 1 aliphatic rings. The third-order valence-electron chi connectivity index (χ3n) is 3.98. The molecule has 1 atom stereocenters. The molecule has 0 aromatic heterocycles. The van der Waals surface area contributed by atoms with Gasteiger partial charge in [0.15, 0.2) is 0 Å². The molecule has 1 saturated heterocycles. The van der Waals surface area contributed by atoms with E-state index < -0.39 is 49.3 Å². The van der Waals surface area contributed by atoms with Gasteiger partial charge >= 0.3 is 12.1 Å². The van der Waals surface area contributed by atoms with Crippen molar-refractivity contribution in [3.05, 3.63) is 28.8 Å². The number of ether oxygens (including phenoxy) is 1. The fourth-order valence-corrected chi connectivity index (χ4v) is 4.98. The number of esters is 1. The zero-order valence-electron chi connectivity index (χ0n) is 15.1. The number of hydrogen-bond acceptors (Lipinski definition) is 4. The summed E-state index contributed by atoms with van der Waals surface area (Å²) in [7, 11) is -4.27. The van der Waals surface area contributed by atoms with Gasteiger partial charge in [0.1, 0.15) is 16.5 Å². The highest BCUT2D eigenvalue weighted by Crippen LogP contribution is 2.35. The van der Waals surface area contributed by atoms with E-state index in [1.165, 1.54) is 0 Å². The first-order valence-corrected chi connectivity index (χ1v) is 10.2. The van der Waals surface area contributed by atoms with Gasteiger partial charge in [-0.3, -0.25) is 4.79 Å². The minimum atomic E-state index is -4.64. The lowest BCUT2D eigenvalue weighted by molar-refractivity contribution is -0.160. The smallest absolute Gasteiger partial charge is 0.416 e. The second kappa shape index (κ2) is 7.60. The summed E-state index contributed by atoms with van der Waals surface area (Å²) in [6, 6.07) is 1.01. The van der Waals surface area contributed by atoms with Crippen LogP contribution in [0.3, 0.4) is 0 Å². The highest BCUT2D eigenvalue weighted by atomic mass is 35.5. The summed E-state index contributed by atoms with van der Waals surface area (Å²) in [5.74, 6) is -0.686. The minimum absolute atomic E-state index is 0.0591. The molecule has 0 amide bonds. The van der Waals surface area contributed by atoms with Gasteiger partial charge in [0.25, 0.3) is 0 Å². The van der Waals surface area contributed by atoms with Crippen LogP contribution in [0, 0.1) is 0 Å². The summed E-state index contributed by atoms with van der Waals surface area (Å²) in [5, 5.41) is -0.543. The van der Waals surface area contributed by atoms with E-state index in [0.717, 1.165) is 10.4 Å². The molecule has 1 aromatic rings. The summed E-state index contributed by atoms with van der Waals surface area (Å²) in [6.07, 6.45) is -3.21. The molecular formula is C17H21ClF3NO4S. The Bertz CT molecular complexity index is 818. The van der Waals surface area contributed by atoms with Crippen LogP contribution in [0.1, 0.15) is 45.6 Å². The van der Waals surface area contributed by atoms with Gasteiger partial charge in [-0.1, -0.05) is 11.6 Å². The maximum Gasteiger partial charge on any atom is 0.416 e. The Hall–Kier alpha value is -1.32. The number of benzene rings is 1. The number of rotatable bonds is 3. The van der Waals surface area contributed by atoms with Crippen molar-refractivity contribution in [2.24, 2.45) is 0 Å². The van der Waals surface area contributed by atoms with Gasteiger partial charge in [-0.15, -0.1) is 0 Å². The number of carbonyl (C=O) groups is 1. The van der Waals surface area contributed by atoms with Gasteiger partial charge in [-0.2, -0.15) is 17.5 Å². The molecule has 2 rings (SSSR count). The lowest BCUT2D eigenvalue weighted by atomic mass is 10.0. The first-order valence-electron chi connectivity index (χ1n) is 8.35. The van der Waals surface area contributed by atoms with E-state index in [4.69, 9.17) is 16.3 Å². The Kier molecular flexibility index (Phi) is 6.18. The van der Waals surface area contributed by atoms with E-state index in [1.807, 2.05) is 0 Å². The molecule has 10 heteroatoms. The molecule has 0 spiro atoms. The Morgan fingerprint density at radius 3 is 2.37 bits per heavy atom. The molecule has 0 radical (unpaired) electrons. The highest BCUT2D eigenvalue weighted by molar-refractivity contribution is 7.89. The number of nitrogens with zero attached hydrogens (tertiary/aromatic N) is 1. The summed E-state index contributed by atoms with van der Waals surface area (Å²) < 4.78 is 70.7. The van der Waals surface area contributed by atoms with Gasteiger partial charge < -0.3 is 4.74 Å². The van der Waals surface area contributed by atoms with Crippen LogP contribution in [-0.4, -0.2) is 36.9 Å². The SMILES string of the molecule is CC(C)(C)OC(=O)[C@@H]1CCCCN1S(=O)(=O)c1ccc(C(F)(F)F)cc1Cl. The largest absolute Gasteiger partial charge is 0.459 e. The summed E-state index contributed by atoms with van der Waals surface area (Å²) >= 11 is 5.85. The zero-order chi connectivity index (χ0) is 20.6. The predicted molar refractivity (Wildman–Crippen MR) is 93.8 cm³/mol. The van der Waals surface area contributed by atoms with Gasteiger partial charge in [0.2, 0.25) is 10.0 Å². The molecule has 1 aliphatic heterocycles. The Balaban J connectivity index is 2.39. The van der Waals surface area contributed by atoms with Crippen LogP contribution in [0.4, 0.5) is 13.2 Å². The minimum Gasteiger partial charge on any atom is -0.459 e. The Labute approximate surface area is 161 Å². The van der Waals surface area contributed by atoms with E-state index in [2.05, 4.69) is 0 Å². The van der Waals surface area contributed by atoms with Crippen molar-refractivity contribution >= 4 is 27.6 Å². The van der Waals surface area contributed by atoms with Crippen molar-refractivity contribution in [3.8, 4) is 0 Å². The zero-order valence-corrected chi connectivity index (χ0v) is 16.7. The standard InChI is InChI=1S/C17H21ClF3NO4S/c1-16(2,3)26-15(23)13-6-4-5-9-22(13)27(24,25)14-8-7-11(10-12(14)18)17(19,20)21/h7-8,10,13H,4-6,9H2,1-3H3/t13-/m0/s1. The van der Waals surface area contributed by atoms with E-state index >= 15 is 0 Å². The van der Waals surface area contributed by atoms with Crippen LogP contribution >= 0.6 is 11.6 Å². The number of sulfonamides is 1. The van der Waals surface area contributed by atoms with Gasteiger partial charge in [-0.25, -0.2) is 8.42 Å². The van der Waals surface area contributed by atoms with Crippen molar-refractivity contribution in [1.82, 2.24) is 4.31 Å². The highest BCUT2D eigenvalue weighted by Gasteiger charge is 2.41. The van der Waals surface area contributed by atoms with Gasteiger partial charge in [0, 0.05) is 6.54 Å². The molecule has 0 saturated carbocycles. The third-order valence-corrected chi connectivity index (χ3v) is 6.37. The Morgan fingerprint density at radius 1 is 1.22 bits per heavy atom. The summed E-state index contributed by atoms with van der Waals surface area (Å²) in [6.45, 7) is 5.06. The van der Waals surface area contributed by atoms with Crippen LogP contribution in [0.2, 0.25) is 5.02 Å². The number of halogens is 4. The van der Waals surface area contributed by atoms with Crippen LogP contribution in [-0.2, 0) is 25.7 Å². The molecule has 0 N–H and O–H groups in total. The number of alkyl halides is 3. The fraction of sp³-hybridized carbons (Fsp3) is 0.588. The van der Waals surface area contributed by atoms with E-state index in [-0.39, 0.29) is 13.0 Å². The second-order valence-electron chi connectivity index (χ2n) is 7.30. The van der Waals surface area contributed by atoms with E-state index in [1.54, 1.807) is 20.8 Å². The molecule has 1 fully saturated rings. The number of piperidine rings is 1. The van der Waals surface area contributed by atoms with Crippen molar-refractivity contribution in [3.63, 3.8) is 0 Å². The average Bonchev–Trinajstić information content (AvgIpc) is 2.52. The Morgan fingerprint density at radius 2 is 1.85 bits per heavy atom. The van der Waals surface area contributed by atoms with E-state index in [9.17, 15) is 26.4 Å². The van der Waals surface area contributed by atoms with Crippen molar-refractivity contribution in [1.29, 1.82) is 0 Å². The third kappa shape index (κ3) is 5.14. The molecule has 1 aromatic carbocycles. The fourth-order valence-electron chi connectivity index (χ4n) is 2.81. The molecular weight excluding hydrogens is 407 g/mol. The van der Waals surface area contributed by atoms with Crippen molar-refractivity contribution in [2.75, 3.05) is 6.54 Å². The van der Waals surface area contributed by atoms with Crippen LogP contribution in [0.15, 0.2) is 23.1 Å². The molecule has 0 unspecified atom stereocenters. The first kappa shape index (κ1) is 22.0. The van der Waals surface area contributed by atoms with Crippen LogP contribution in [0.5, 0.6) is 0 Å². The number of hydrogen-bond donors (Lipinski definition) is 0. The quantitative estimate of drug-likeness (QED) is 0.677. The molecule has 0 aliphatic carbocycles. The topological polar surface area (TPSA) is 63.7 Å². The average molecular weight is 428 g/mol. The van der Waals surface area contributed by atoms with Crippen LogP contribution < -0.4 is 0 Å².